The van der Waals surface area contributed by atoms with Crippen molar-refractivity contribution in [2.75, 3.05) is 39.6 Å². The molecular formula is C54H94N6O32. The fourth-order valence-electron chi connectivity index (χ4n) is 11.2. The Bertz CT molecular complexity index is 2170. The molecule has 532 valence electrons. The van der Waals surface area contributed by atoms with Gasteiger partial charge in [-0.3, -0.25) is 28.8 Å². The number of ether oxygens (including phenoxy) is 10. The Balaban J connectivity index is 0.000000334. The molecule has 0 aromatic carbocycles. The lowest BCUT2D eigenvalue weighted by molar-refractivity contribution is -0.358. The highest BCUT2D eigenvalue weighted by Crippen LogP contribution is 2.35. The third kappa shape index (κ3) is 20.0. The molecule has 12 unspecified atom stereocenters. The summed E-state index contributed by atoms with van der Waals surface area (Å²) in [6.07, 6.45) is -38.4. The van der Waals surface area contributed by atoms with E-state index in [0.717, 1.165) is 26.7 Å². The van der Waals surface area contributed by atoms with Crippen LogP contribution in [0, 0.1) is 0 Å². The molecule has 22 N–H and O–H groups in total. The maximum atomic E-state index is 12.4. The van der Waals surface area contributed by atoms with Gasteiger partial charge >= 0.3 is 0 Å². The molecule has 0 aromatic rings. The molecule has 6 saturated heterocycles. The minimum atomic E-state index is -1.86. The first-order chi connectivity index (χ1) is 43.5. The number of hydrogen-bond acceptors (Lipinski definition) is 32. The lowest BCUT2D eigenvalue weighted by Gasteiger charge is -2.49. The van der Waals surface area contributed by atoms with Crippen molar-refractivity contribution in [3.63, 3.8) is 0 Å². The third-order valence-electron chi connectivity index (χ3n) is 16.0. The zero-order valence-electron chi connectivity index (χ0n) is 51.5. The highest BCUT2D eigenvalue weighted by Gasteiger charge is 2.57. The highest BCUT2D eigenvalue weighted by atomic mass is 16.8. The average Bonchev–Trinajstić information content (AvgIpc) is 0.785. The van der Waals surface area contributed by atoms with Crippen molar-refractivity contribution in [2.24, 2.45) is 0 Å². The van der Waals surface area contributed by atoms with E-state index in [9.17, 15) is 110 Å². The van der Waals surface area contributed by atoms with E-state index in [0.29, 0.717) is 12.8 Å². The second-order valence-electron chi connectivity index (χ2n) is 23.0. The van der Waals surface area contributed by atoms with Gasteiger partial charge in [0.1, 0.15) is 146 Å². The topological polar surface area (TPSA) is 591 Å². The number of aliphatic hydroxyl groups excluding tert-OH is 16. The first-order valence-corrected chi connectivity index (χ1v) is 30.2. The summed E-state index contributed by atoms with van der Waals surface area (Å²) in [5.74, 6) is -3.38. The number of amides is 6. The van der Waals surface area contributed by atoms with Crippen LogP contribution in [0.4, 0.5) is 0 Å². The summed E-state index contributed by atoms with van der Waals surface area (Å²) in [7, 11) is 0. The number of aliphatic hydroxyl groups is 16. The van der Waals surface area contributed by atoms with Crippen molar-refractivity contribution in [2.45, 2.75) is 264 Å². The number of nitrogens with one attached hydrogen (secondary N) is 6. The van der Waals surface area contributed by atoms with Crippen molar-refractivity contribution in [1.29, 1.82) is 0 Å². The lowest BCUT2D eigenvalue weighted by Crippen LogP contribution is -2.71. The molecule has 0 aromatic heterocycles. The van der Waals surface area contributed by atoms with E-state index in [2.05, 4.69) is 31.9 Å². The van der Waals surface area contributed by atoms with Gasteiger partial charge in [0.15, 0.2) is 37.6 Å². The van der Waals surface area contributed by atoms with Crippen LogP contribution in [0.1, 0.15) is 80.1 Å². The van der Waals surface area contributed by atoms with Gasteiger partial charge < -0.3 is 161 Å². The lowest BCUT2D eigenvalue weighted by atomic mass is 9.93. The Morgan fingerprint density at radius 1 is 0.315 bits per heavy atom. The molecule has 92 heavy (non-hydrogen) atoms. The summed E-state index contributed by atoms with van der Waals surface area (Å²) < 4.78 is 57.3. The van der Waals surface area contributed by atoms with Gasteiger partial charge in [-0.25, -0.2) is 0 Å². The monoisotopic (exact) mass is 1340 g/mol. The molecule has 0 bridgehead atoms. The van der Waals surface area contributed by atoms with Gasteiger partial charge in [0.2, 0.25) is 35.4 Å². The maximum Gasteiger partial charge on any atom is 0.222 e. The molecule has 6 amide bonds. The van der Waals surface area contributed by atoms with Crippen molar-refractivity contribution >= 4 is 35.4 Å². The standard InChI is InChI=1S/2C27H47N3O16/c2*1-4-5-6-15(36)30-25-16(28-10(2)34)19(38)23(13(8-32)42-25)45-26-17(29-11(3)35)20(39)24(14(9-33)44-26)46-27-22(41)21(40)18(37)12(7-31)43-27/h2*12-14,16-27,31-33,37-41H,4-9H2,1-3H3,(H,28,34)(H,29,35)(H,30,36)/t12?,13?,14?,16?,17?,18-,19-,20-,21+,22?,23-,24-,25-,26+,27+;12?,13?,14?,16-,17-,18+,19+,20+,21-,22+,23+,24+,25?,26?,27?/m10/s1. The van der Waals surface area contributed by atoms with Crippen LogP contribution in [-0.4, -0.2) is 341 Å². The van der Waals surface area contributed by atoms with Gasteiger partial charge in [-0.05, 0) is 12.8 Å². The summed E-state index contributed by atoms with van der Waals surface area (Å²) in [6.45, 7) is 3.67. The first kappa shape index (κ1) is 78.5. The van der Waals surface area contributed by atoms with Gasteiger partial charge in [-0.1, -0.05) is 26.7 Å². The minimum absolute atomic E-state index is 0.143. The highest BCUT2D eigenvalue weighted by molar-refractivity contribution is 5.77. The molecule has 6 aliphatic heterocycles. The first-order valence-electron chi connectivity index (χ1n) is 30.2. The average molecular weight is 1340 g/mol. The second-order valence-corrected chi connectivity index (χ2v) is 23.0. The van der Waals surface area contributed by atoms with Crippen LogP contribution in [0.15, 0.2) is 0 Å². The molecule has 6 rings (SSSR count). The Hall–Kier alpha value is -4.22. The van der Waals surface area contributed by atoms with Crippen LogP contribution in [0.3, 0.4) is 0 Å². The van der Waals surface area contributed by atoms with Crippen molar-refractivity contribution in [3.05, 3.63) is 0 Å². The number of hydrogen-bond donors (Lipinski definition) is 22. The Labute approximate surface area is 527 Å². The van der Waals surface area contributed by atoms with Crippen LogP contribution >= 0.6 is 0 Å². The summed E-state index contributed by atoms with van der Waals surface area (Å²) >= 11 is 0. The Morgan fingerprint density at radius 3 is 0.837 bits per heavy atom. The fourth-order valence-corrected chi connectivity index (χ4v) is 11.2. The van der Waals surface area contributed by atoms with Crippen LogP contribution < -0.4 is 31.9 Å². The summed E-state index contributed by atoms with van der Waals surface area (Å²) in [5, 5.41) is 181. The number of carbonyl (C=O) groups is 6. The number of unbranched alkanes of at least 4 members (excludes halogenated alkanes) is 2. The fraction of sp³-hybridized carbons (Fsp3) is 0.889. The van der Waals surface area contributed by atoms with Gasteiger partial charge in [-0.15, -0.1) is 0 Å². The van der Waals surface area contributed by atoms with Crippen molar-refractivity contribution in [1.82, 2.24) is 31.9 Å². The van der Waals surface area contributed by atoms with Crippen molar-refractivity contribution < 1.29 is 158 Å². The molecule has 30 atom stereocenters. The summed E-state index contributed by atoms with van der Waals surface area (Å²) in [5.41, 5.74) is 0. The van der Waals surface area contributed by atoms with Crippen molar-refractivity contribution in [3.8, 4) is 0 Å². The van der Waals surface area contributed by atoms with E-state index in [4.69, 9.17) is 47.4 Å². The molecule has 38 heteroatoms. The van der Waals surface area contributed by atoms with Crippen LogP contribution in [-0.2, 0) is 76.1 Å². The molecule has 0 radical (unpaired) electrons. The van der Waals surface area contributed by atoms with Gasteiger partial charge in [0, 0.05) is 40.5 Å². The smallest absolute Gasteiger partial charge is 0.222 e. The number of carbonyl (C=O) groups excluding carboxylic acids is 6. The van der Waals surface area contributed by atoms with Crippen LogP contribution in [0.5, 0.6) is 0 Å². The Kier molecular flexibility index (Phi) is 31.4. The molecule has 0 aliphatic carbocycles. The summed E-state index contributed by atoms with van der Waals surface area (Å²) in [6, 6.07) is -5.54. The molecule has 0 saturated carbocycles. The van der Waals surface area contributed by atoms with Crippen LogP contribution in [0.25, 0.3) is 0 Å². The quantitative estimate of drug-likeness (QED) is 0.0382. The maximum absolute atomic E-state index is 12.4. The van der Waals surface area contributed by atoms with Crippen LogP contribution in [0.2, 0.25) is 0 Å². The Morgan fingerprint density at radius 2 is 0.565 bits per heavy atom. The zero-order chi connectivity index (χ0) is 68.6. The normalized spacial score (nSPS) is 41.4. The molecular weight excluding hydrogens is 1240 g/mol. The van der Waals surface area contributed by atoms with E-state index >= 15 is 0 Å². The number of rotatable bonds is 26. The van der Waals surface area contributed by atoms with E-state index in [1.54, 1.807) is 0 Å². The van der Waals surface area contributed by atoms with E-state index < -0.39 is 259 Å². The predicted molar refractivity (Wildman–Crippen MR) is 300 cm³/mol. The van der Waals surface area contributed by atoms with E-state index in [1.165, 1.54) is 13.8 Å². The molecule has 38 nitrogen and oxygen atoms in total. The van der Waals surface area contributed by atoms with E-state index in [-0.39, 0.29) is 12.8 Å². The third-order valence-corrected chi connectivity index (χ3v) is 16.0. The molecule has 6 aliphatic rings. The largest absolute Gasteiger partial charge is 0.394 e. The zero-order valence-corrected chi connectivity index (χ0v) is 51.5. The van der Waals surface area contributed by atoms with Gasteiger partial charge in [0.25, 0.3) is 0 Å². The van der Waals surface area contributed by atoms with Gasteiger partial charge in [-0.2, -0.15) is 0 Å². The minimum Gasteiger partial charge on any atom is -0.394 e. The summed E-state index contributed by atoms with van der Waals surface area (Å²) in [4.78, 5) is 73.2. The molecule has 0 spiro atoms. The van der Waals surface area contributed by atoms with Gasteiger partial charge in [0.05, 0.1) is 39.6 Å². The second kappa shape index (κ2) is 36.8. The van der Waals surface area contributed by atoms with E-state index in [1.807, 2.05) is 13.8 Å². The molecule has 6 heterocycles. The molecule has 6 fully saturated rings. The SMILES string of the molecule is CCCCC(=O)NC1OC(CO)[C@@H](OC2OC(CO)[C@@H](OC3OC(CO)[C@@H](O)[C@H](O)[C@H]3O)[C@H](O)[C@@H]2NC(C)=O)[C@H](O)[C@@H]1NC(C)=O.CCCCC(=O)N[C@@H]1OC(CO)[C@@H](O[C@@H]2OC(CO)[C@@H](O[C@@H]3OC(CO)[C@@H](O)[C@H](O)C3O)[C@H](O)C2NC(C)=O)[C@H](O)C1NC(C)=O. The predicted octanol–water partition coefficient (Wildman–Crippen LogP) is -11.9.